The molecule has 1 amide bonds. The molecule has 1 atom stereocenters. The van der Waals surface area contributed by atoms with Crippen LogP contribution < -0.4 is 5.32 Å². The third-order valence-electron chi connectivity index (χ3n) is 5.00. The molecular weight excluding hydrogens is 352 g/mol. The molecule has 1 fully saturated rings. The summed E-state index contributed by atoms with van der Waals surface area (Å²) < 4.78 is 11.1. The molecule has 0 bridgehead atoms. The van der Waals surface area contributed by atoms with Crippen molar-refractivity contribution in [3.05, 3.63) is 57.5 Å². The zero-order valence-corrected chi connectivity index (χ0v) is 16.2. The number of ether oxygens (including phenoxy) is 1. The second-order valence-corrected chi connectivity index (χ2v) is 7.02. The third kappa shape index (κ3) is 3.95. The van der Waals surface area contributed by atoms with E-state index < -0.39 is 0 Å². The normalized spacial score (nSPS) is 16.5. The summed E-state index contributed by atoms with van der Waals surface area (Å²) >= 11 is 6.44. The molecule has 1 aromatic carbocycles. The predicted molar refractivity (Wildman–Crippen MR) is 102 cm³/mol. The smallest absolute Gasteiger partial charge is 0.255 e. The average Bonchev–Trinajstić information content (AvgIpc) is 2.89. The number of carbonyl (C=O) groups is 1. The maximum atomic E-state index is 12.8. The molecule has 1 aliphatic heterocycles. The summed E-state index contributed by atoms with van der Waals surface area (Å²) in [5, 5.41) is 3.79. The van der Waals surface area contributed by atoms with E-state index in [0.717, 1.165) is 30.0 Å². The minimum Gasteiger partial charge on any atom is -0.466 e. The first-order valence-electron chi connectivity index (χ1n) is 8.90. The first-order valence-corrected chi connectivity index (χ1v) is 9.28. The molecule has 0 radical (unpaired) electrons. The Labute approximate surface area is 159 Å². The highest BCUT2D eigenvalue weighted by Crippen LogP contribution is 2.28. The van der Waals surface area contributed by atoms with Gasteiger partial charge in [0.15, 0.2) is 0 Å². The fourth-order valence-corrected chi connectivity index (χ4v) is 3.74. The lowest BCUT2D eigenvalue weighted by molar-refractivity contribution is 0.0162. The van der Waals surface area contributed by atoms with Gasteiger partial charge >= 0.3 is 0 Å². The second-order valence-electron chi connectivity index (χ2n) is 6.61. The lowest BCUT2D eigenvalue weighted by atomic mass is 10.0. The van der Waals surface area contributed by atoms with Crippen LogP contribution in [0.15, 0.2) is 28.7 Å². The summed E-state index contributed by atoms with van der Waals surface area (Å²) in [5.41, 5.74) is 2.54. The first kappa shape index (κ1) is 19.0. The van der Waals surface area contributed by atoms with Crippen molar-refractivity contribution in [3.63, 3.8) is 0 Å². The molecule has 26 heavy (non-hydrogen) atoms. The van der Waals surface area contributed by atoms with Crippen LogP contribution in [0.3, 0.4) is 0 Å². The van der Waals surface area contributed by atoms with Crippen LogP contribution in [0.1, 0.15) is 39.0 Å². The maximum Gasteiger partial charge on any atom is 0.255 e. The number of hydrogen-bond acceptors (Lipinski definition) is 4. The number of nitrogens with zero attached hydrogens (tertiary/aromatic N) is 1. The van der Waals surface area contributed by atoms with Gasteiger partial charge in [0.2, 0.25) is 0 Å². The van der Waals surface area contributed by atoms with E-state index in [4.69, 9.17) is 20.8 Å². The molecule has 1 N–H and O–H groups in total. The Bertz CT molecular complexity index is 781. The van der Waals surface area contributed by atoms with Crippen LogP contribution in [0.4, 0.5) is 0 Å². The van der Waals surface area contributed by atoms with Crippen molar-refractivity contribution in [2.24, 2.45) is 0 Å². The van der Waals surface area contributed by atoms with E-state index in [1.807, 2.05) is 45.0 Å². The summed E-state index contributed by atoms with van der Waals surface area (Å²) in [7, 11) is 0. The Kier molecular flexibility index (Phi) is 6.01. The van der Waals surface area contributed by atoms with Gasteiger partial charge in [0, 0.05) is 30.2 Å². The summed E-state index contributed by atoms with van der Waals surface area (Å²) in [6.07, 6.45) is 0. The van der Waals surface area contributed by atoms with Gasteiger partial charge in [-0.05, 0) is 32.4 Å². The second kappa shape index (κ2) is 8.25. The fraction of sp³-hybridized carbons (Fsp3) is 0.450. The molecule has 0 aliphatic carbocycles. The SMILES string of the molecule is Cc1oc(C)c(C(=O)NCC(c2ccccc2Cl)N2CCOCC2)c1C. The molecule has 3 rings (SSSR count). The number of carbonyl (C=O) groups excluding carboxylic acids is 1. The molecule has 1 aliphatic rings. The molecule has 0 spiro atoms. The lowest BCUT2D eigenvalue weighted by Gasteiger charge is -2.35. The van der Waals surface area contributed by atoms with Crippen LogP contribution in [0.25, 0.3) is 0 Å². The van der Waals surface area contributed by atoms with Gasteiger partial charge in [-0.25, -0.2) is 0 Å². The van der Waals surface area contributed by atoms with Crippen molar-refractivity contribution < 1.29 is 13.9 Å². The number of furan rings is 1. The van der Waals surface area contributed by atoms with E-state index in [1.54, 1.807) is 0 Å². The van der Waals surface area contributed by atoms with Crippen molar-refractivity contribution in [1.82, 2.24) is 10.2 Å². The van der Waals surface area contributed by atoms with E-state index in [-0.39, 0.29) is 11.9 Å². The number of amides is 1. The van der Waals surface area contributed by atoms with Crippen LogP contribution in [0.2, 0.25) is 5.02 Å². The molecule has 2 aromatic rings. The van der Waals surface area contributed by atoms with Crippen LogP contribution in [-0.2, 0) is 4.74 Å². The van der Waals surface area contributed by atoms with Crippen LogP contribution in [-0.4, -0.2) is 43.7 Å². The van der Waals surface area contributed by atoms with Gasteiger partial charge in [-0.15, -0.1) is 0 Å². The highest BCUT2D eigenvalue weighted by Gasteiger charge is 2.26. The number of halogens is 1. The Balaban J connectivity index is 1.79. The van der Waals surface area contributed by atoms with Crippen LogP contribution in [0.5, 0.6) is 0 Å². The molecule has 6 heteroatoms. The monoisotopic (exact) mass is 376 g/mol. The van der Waals surface area contributed by atoms with Crippen LogP contribution >= 0.6 is 11.6 Å². The van der Waals surface area contributed by atoms with Gasteiger partial charge < -0.3 is 14.5 Å². The molecule has 2 heterocycles. The van der Waals surface area contributed by atoms with Gasteiger partial charge in [0.05, 0.1) is 24.8 Å². The van der Waals surface area contributed by atoms with Gasteiger partial charge in [-0.1, -0.05) is 29.8 Å². The topological polar surface area (TPSA) is 54.7 Å². The molecule has 1 aromatic heterocycles. The van der Waals surface area contributed by atoms with Gasteiger partial charge in [-0.3, -0.25) is 9.69 Å². The highest BCUT2D eigenvalue weighted by atomic mass is 35.5. The van der Waals surface area contributed by atoms with Crippen molar-refractivity contribution in [2.45, 2.75) is 26.8 Å². The standard InChI is InChI=1S/C20H25ClN2O3/c1-13-14(2)26-15(3)19(13)20(24)22-12-18(23-8-10-25-11-9-23)16-6-4-5-7-17(16)21/h4-7,18H,8-12H2,1-3H3,(H,22,24). The van der Waals surface area contributed by atoms with Gasteiger partial charge in [-0.2, -0.15) is 0 Å². The number of nitrogens with one attached hydrogen (secondary N) is 1. The number of aryl methyl sites for hydroxylation is 2. The summed E-state index contributed by atoms with van der Waals surface area (Å²) in [4.78, 5) is 15.1. The van der Waals surface area contributed by atoms with E-state index >= 15 is 0 Å². The predicted octanol–water partition coefficient (Wildman–Crippen LogP) is 3.66. The average molecular weight is 377 g/mol. The van der Waals surface area contributed by atoms with E-state index in [9.17, 15) is 4.79 Å². The largest absolute Gasteiger partial charge is 0.466 e. The first-order chi connectivity index (χ1) is 12.5. The summed E-state index contributed by atoms with van der Waals surface area (Å²) in [5.74, 6) is 1.32. The number of benzene rings is 1. The Morgan fingerprint density at radius 3 is 2.50 bits per heavy atom. The van der Waals surface area contributed by atoms with Crippen molar-refractivity contribution in [2.75, 3.05) is 32.8 Å². The highest BCUT2D eigenvalue weighted by molar-refractivity contribution is 6.31. The zero-order valence-electron chi connectivity index (χ0n) is 15.5. The Morgan fingerprint density at radius 2 is 1.88 bits per heavy atom. The zero-order chi connectivity index (χ0) is 18.7. The Morgan fingerprint density at radius 1 is 1.19 bits per heavy atom. The summed E-state index contributed by atoms with van der Waals surface area (Å²) in [6.45, 7) is 9.09. The fourth-order valence-electron chi connectivity index (χ4n) is 3.48. The van der Waals surface area contributed by atoms with Crippen molar-refractivity contribution in [1.29, 1.82) is 0 Å². The van der Waals surface area contributed by atoms with Crippen molar-refractivity contribution in [3.8, 4) is 0 Å². The van der Waals surface area contributed by atoms with Crippen LogP contribution in [0, 0.1) is 20.8 Å². The lowest BCUT2D eigenvalue weighted by Crippen LogP contribution is -2.44. The van der Waals surface area contributed by atoms with Crippen molar-refractivity contribution >= 4 is 17.5 Å². The Hall–Kier alpha value is -1.82. The maximum absolute atomic E-state index is 12.8. The molecule has 1 unspecified atom stereocenters. The molecule has 140 valence electrons. The quantitative estimate of drug-likeness (QED) is 0.865. The van der Waals surface area contributed by atoms with E-state index in [0.29, 0.717) is 36.1 Å². The summed E-state index contributed by atoms with van der Waals surface area (Å²) in [6, 6.07) is 7.81. The van der Waals surface area contributed by atoms with E-state index in [1.165, 1.54) is 0 Å². The molecule has 0 saturated carbocycles. The minimum absolute atomic E-state index is 0.00478. The minimum atomic E-state index is -0.109. The number of morpholine rings is 1. The number of rotatable bonds is 5. The van der Waals surface area contributed by atoms with Gasteiger partial charge in [0.1, 0.15) is 11.5 Å². The molecule has 1 saturated heterocycles. The third-order valence-corrected chi connectivity index (χ3v) is 5.34. The number of hydrogen-bond donors (Lipinski definition) is 1. The van der Waals surface area contributed by atoms with Gasteiger partial charge in [0.25, 0.3) is 5.91 Å². The molecular formula is C20H25ClN2O3. The van der Waals surface area contributed by atoms with E-state index in [2.05, 4.69) is 10.2 Å². The molecule has 5 nitrogen and oxygen atoms in total.